The average Bonchev–Trinajstić information content (AvgIpc) is 3.03. The molecule has 4 rings (SSSR count). The molecule has 0 spiro atoms. The molecule has 0 bridgehead atoms. The van der Waals surface area contributed by atoms with Gasteiger partial charge >= 0.3 is 5.97 Å². The van der Waals surface area contributed by atoms with Gasteiger partial charge in [-0.2, -0.15) is 0 Å². The van der Waals surface area contributed by atoms with Gasteiger partial charge in [-0.1, -0.05) is 37.8 Å². The number of rotatable bonds is 4. The Morgan fingerprint density at radius 1 is 1.15 bits per heavy atom. The van der Waals surface area contributed by atoms with Crippen LogP contribution in [-0.4, -0.2) is 46.0 Å². The number of aromatic nitrogens is 2. The van der Waals surface area contributed by atoms with Gasteiger partial charge in [0.25, 0.3) is 5.91 Å². The molecule has 176 valence electrons. The zero-order chi connectivity index (χ0) is 23.8. The van der Waals surface area contributed by atoms with Crippen LogP contribution in [0.3, 0.4) is 0 Å². The van der Waals surface area contributed by atoms with Crippen LogP contribution in [0.5, 0.6) is 0 Å². The number of nitrogens with one attached hydrogen (secondary N) is 1. The third-order valence-electron chi connectivity index (χ3n) is 6.88. The van der Waals surface area contributed by atoms with Crippen LogP contribution in [0.25, 0.3) is 0 Å². The van der Waals surface area contributed by atoms with Crippen LogP contribution in [0.1, 0.15) is 77.6 Å². The first kappa shape index (κ1) is 23.0. The van der Waals surface area contributed by atoms with E-state index in [1.54, 1.807) is 16.4 Å². The Morgan fingerprint density at radius 2 is 1.85 bits per heavy atom. The highest BCUT2D eigenvalue weighted by Crippen LogP contribution is 2.36. The van der Waals surface area contributed by atoms with Gasteiger partial charge in [0, 0.05) is 11.7 Å². The summed E-state index contributed by atoms with van der Waals surface area (Å²) >= 11 is 0. The molecule has 2 aromatic rings. The first-order valence-electron chi connectivity index (χ1n) is 11.6. The molecule has 2 heterocycles. The summed E-state index contributed by atoms with van der Waals surface area (Å²) in [4.78, 5) is 45.7. The van der Waals surface area contributed by atoms with Crippen molar-refractivity contribution in [3.8, 4) is 0 Å². The molecule has 2 amide bonds. The molecule has 2 aliphatic rings. The molecular weight excluding hydrogens is 420 g/mol. The van der Waals surface area contributed by atoms with E-state index in [4.69, 9.17) is 4.74 Å². The summed E-state index contributed by atoms with van der Waals surface area (Å²) in [6.07, 6.45) is 7.89. The molecule has 8 nitrogen and oxygen atoms in total. The lowest BCUT2D eigenvalue weighted by molar-refractivity contribution is -0.127. The minimum absolute atomic E-state index is 0.0379. The van der Waals surface area contributed by atoms with Gasteiger partial charge in [0.1, 0.15) is 11.2 Å². The van der Waals surface area contributed by atoms with Gasteiger partial charge in [-0.3, -0.25) is 14.5 Å². The van der Waals surface area contributed by atoms with Crippen LogP contribution in [0, 0.1) is 13.8 Å². The first-order chi connectivity index (χ1) is 15.8. The van der Waals surface area contributed by atoms with Crippen LogP contribution < -0.4 is 10.2 Å². The fraction of sp³-hybridized carbons (Fsp3) is 0.520. The number of nitrogens with zero attached hydrogens (tertiary/aromatic N) is 3. The van der Waals surface area contributed by atoms with Gasteiger partial charge in [0.15, 0.2) is 5.69 Å². The van der Waals surface area contributed by atoms with E-state index in [2.05, 4.69) is 10.3 Å². The number of aryl methyl sites for hydroxylation is 2. The third-order valence-corrected chi connectivity index (χ3v) is 6.88. The number of fused-ring (bicyclic) bond motifs is 1. The quantitative estimate of drug-likeness (QED) is 0.566. The second-order valence-corrected chi connectivity index (χ2v) is 9.43. The highest BCUT2D eigenvalue weighted by Gasteiger charge is 2.50. The Hall–Kier alpha value is -3.16. The fourth-order valence-corrected chi connectivity index (χ4v) is 4.98. The average molecular weight is 453 g/mol. The molecule has 33 heavy (non-hydrogen) atoms. The number of amides is 2. The lowest BCUT2D eigenvalue weighted by atomic mass is 9.91. The Bertz CT molecular complexity index is 1080. The van der Waals surface area contributed by atoms with Crippen LogP contribution in [0.4, 0.5) is 5.69 Å². The predicted octanol–water partition coefficient (Wildman–Crippen LogP) is 3.54. The van der Waals surface area contributed by atoms with Crippen molar-refractivity contribution in [1.82, 2.24) is 14.9 Å². The summed E-state index contributed by atoms with van der Waals surface area (Å²) in [5, 5.41) is 3.24. The monoisotopic (exact) mass is 452 g/mol. The maximum absolute atomic E-state index is 13.9. The third kappa shape index (κ3) is 4.14. The summed E-state index contributed by atoms with van der Waals surface area (Å²) in [6, 6.07) is 5.92. The minimum atomic E-state index is -1.19. The van der Waals surface area contributed by atoms with E-state index in [-0.39, 0.29) is 29.9 Å². The number of anilines is 1. The van der Waals surface area contributed by atoms with Gasteiger partial charge in [-0.05, 0) is 50.8 Å². The summed E-state index contributed by atoms with van der Waals surface area (Å²) in [6.45, 7) is 5.84. The second-order valence-electron chi connectivity index (χ2n) is 9.43. The van der Waals surface area contributed by atoms with Crippen molar-refractivity contribution < 1.29 is 19.1 Å². The van der Waals surface area contributed by atoms with Gasteiger partial charge < -0.3 is 14.6 Å². The number of esters is 1. The van der Waals surface area contributed by atoms with Gasteiger partial charge in [-0.25, -0.2) is 9.78 Å². The number of benzene rings is 1. The van der Waals surface area contributed by atoms with Gasteiger partial charge in [-0.15, -0.1) is 0 Å². The largest absolute Gasteiger partial charge is 0.464 e. The summed E-state index contributed by atoms with van der Waals surface area (Å²) in [5.74, 6) is -1.31. The number of hydrogen-bond acceptors (Lipinski definition) is 5. The standard InChI is InChI=1S/C25H32N4O4/c1-16-11-12-17(2)19(13-16)29-22(30)21-20(23(31)33-4)26-15-28(21)14-25(29,3)24(32)27-18-9-7-5-6-8-10-18/h11-13,15,18H,5-10,14H2,1-4H3,(H,27,32). The van der Waals surface area contributed by atoms with E-state index in [1.165, 1.54) is 26.3 Å². The van der Waals surface area contributed by atoms with Crippen molar-refractivity contribution in [2.75, 3.05) is 12.0 Å². The predicted molar refractivity (Wildman–Crippen MR) is 124 cm³/mol. The van der Waals surface area contributed by atoms with E-state index in [9.17, 15) is 14.4 Å². The Morgan fingerprint density at radius 3 is 2.52 bits per heavy atom. The maximum atomic E-state index is 13.9. The summed E-state index contributed by atoms with van der Waals surface area (Å²) in [5.41, 5.74) is 1.41. The minimum Gasteiger partial charge on any atom is -0.464 e. The topological polar surface area (TPSA) is 93.5 Å². The molecule has 1 aliphatic carbocycles. The van der Waals surface area contributed by atoms with E-state index in [0.717, 1.165) is 36.8 Å². The molecule has 1 N–H and O–H groups in total. The maximum Gasteiger partial charge on any atom is 0.359 e. The Kier molecular flexibility index (Phi) is 6.28. The zero-order valence-electron chi connectivity index (χ0n) is 19.8. The van der Waals surface area contributed by atoms with Crippen LogP contribution in [-0.2, 0) is 16.1 Å². The van der Waals surface area contributed by atoms with Crippen LogP contribution in [0.2, 0.25) is 0 Å². The van der Waals surface area contributed by atoms with Gasteiger partial charge in [0.2, 0.25) is 5.91 Å². The molecule has 1 fully saturated rings. The van der Waals surface area contributed by atoms with E-state index in [0.29, 0.717) is 5.69 Å². The molecule has 1 atom stereocenters. The number of hydrogen-bond donors (Lipinski definition) is 1. The van der Waals surface area contributed by atoms with E-state index >= 15 is 0 Å². The normalized spacial score (nSPS) is 21.3. The van der Waals surface area contributed by atoms with E-state index in [1.807, 2.05) is 32.0 Å². The molecule has 1 aliphatic heterocycles. The SMILES string of the molecule is COC(=O)c1ncn2c1C(=O)N(c1cc(C)ccc1C)C(C)(C(=O)NC1CCCCCC1)C2. The highest BCUT2D eigenvalue weighted by molar-refractivity contribution is 6.15. The molecule has 0 saturated heterocycles. The first-order valence-corrected chi connectivity index (χ1v) is 11.6. The van der Waals surface area contributed by atoms with Crippen molar-refractivity contribution >= 4 is 23.5 Å². The Balaban J connectivity index is 1.80. The number of methoxy groups -OCH3 is 1. The molecule has 8 heteroatoms. The lowest BCUT2D eigenvalue weighted by Crippen LogP contribution is -2.65. The van der Waals surface area contributed by atoms with Crippen LogP contribution >= 0.6 is 0 Å². The Labute approximate surface area is 194 Å². The number of carbonyl (C=O) groups excluding carboxylic acids is 3. The van der Waals surface area contributed by atoms with Crippen molar-refractivity contribution in [3.05, 3.63) is 47.0 Å². The fourth-order valence-electron chi connectivity index (χ4n) is 4.98. The van der Waals surface area contributed by atoms with Crippen molar-refractivity contribution in [2.45, 2.75) is 77.4 Å². The molecule has 1 aromatic carbocycles. The summed E-state index contributed by atoms with van der Waals surface area (Å²) in [7, 11) is 1.26. The zero-order valence-corrected chi connectivity index (χ0v) is 19.8. The van der Waals surface area contributed by atoms with Crippen LogP contribution in [0.15, 0.2) is 24.5 Å². The molecule has 1 unspecified atom stereocenters. The van der Waals surface area contributed by atoms with E-state index < -0.39 is 17.4 Å². The van der Waals surface area contributed by atoms with Crippen molar-refractivity contribution in [2.24, 2.45) is 0 Å². The number of ether oxygens (including phenoxy) is 1. The highest BCUT2D eigenvalue weighted by atomic mass is 16.5. The number of carbonyl (C=O) groups is 3. The molecule has 1 aromatic heterocycles. The lowest BCUT2D eigenvalue weighted by Gasteiger charge is -2.44. The second kappa shape index (κ2) is 9.00. The number of imidazole rings is 1. The molecule has 1 saturated carbocycles. The molecular formula is C25H32N4O4. The van der Waals surface area contributed by atoms with Crippen molar-refractivity contribution in [3.63, 3.8) is 0 Å². The summed E-state index contributed by atoms with van der Waals surface area (Å²) < 4.78 is 6.44. The smallest absolute Gasteiger partial charge is 0.359 e. The molecule has 0 radical (unpaired) electrons. The van der Waals surface area contributed by atoms with Crippen molar-refractivity contribution in [1.29, 1.82) is 0 Å². The van der Waals surface area contributed by atoms with Gasteiger partial charge in [0.05, 0.1) is 20.0 Å².